The number of halogens is 1. The standard InChI is InChI=1S/C21H25N3OS.ClH/c1-16-10-11-18-19(14-16)26-21(22-18)24(13-7-12-23(2)3)20(25)15-17-8-5-4-6-9-17;/h4-6,8-11,14H,7,12-13,15H2,1-3H3;1H. The van der Waals surface area contributed by atoms with Gasteiger partial charge in [0.25, 0.3) is 0 Å². The van der Waals surface area contributed by atoms with Crippen LogP contribution in [-0.4, -0.2) is 43.0 Å². The van der Waals surface area contributed by atoms with Crippen LogP contribution in [0.3, 0.4) is 0 Å². The summed E-state index contributed by atoms with van der Waals surface area (Å²) in [5.74, 6) is 0.103. The van der Waals surface area contributed by atoms with Gasteiger partial charge in [-0.1, -0.05) is 47.7 Å². The van der Waals surface area contributed by atoms with Crippen molar-refractivity contribution in [2.45, 2.75) is 19.8 Å². The van der Waals surface area contributed by atoms with Crippen LogP contribution < -0.4 is 4.90 Å². The summed E-state index contributed by atoms with van der Waals surface area (Å²) in [6, 6.07) is 16.1. The van der Waals surface area contributed by atoms with Crippen LogP contribution in [0, 0.1) is 6.92 Å². The highest BCUT2D eigenvalue weighted by atomic mass is 35.5. The van der Waals surface area contributed by atoms with Crippen molar-refractivity contribution in [1.29, 1.82) is 0 Å². The van der Waals surface area contributed by atoms with Crippen LogP contribution in [-0.2, 0) is 11.2 Å². The molecule has 0 atom stereocenters. The molecule has 1 heterocycles. The van der Waals surface area contributed by atoms with E-state index in [1.54, 1.807) is 11.3 Å². The van der Waals surface area contributed by atoms with Gasteiger partial charge in [0, 0.05) is 6.54 Å². The van der Waals surface area contributed by atoms with E-state index in [-0.39, 0.29) is 18.3 Å². The SMILES string of the molecule is Cc1ccc2nc(N(CCCN(C)C)C(=O)Cc3ccccc3)sc2c1.Cl. The van der Waals surface area contributed by atoms with Gasteiger partial charge in [-0.05, 0) is 57.2 Å². The third kappa shape index (κ3) is 5.76. The minimum Gasteiger partial charge on any atom is -0.309 e. The molecule has 0 N–H and O–H groups in total. The van der Waals surface area contributed by atoms with E-state index in [0.717, 1.165) is 33.9 Å². The zero-order chi connectivity index (χ0) is 18.5. The molecule has 3 aromatic rings. The summed E-state index contributed by atoms with van der Waals surface area (Å²) in [4.78, 5) is 21.7. The zero-order valence-corrected chi connectivity index (χ0v) is 17.6. The van der Waals surface area contributed by atoms with Gasteiger partial charge in [0.15, 0.2) is 5.13 Å². The lowest BCUT2D eigenvalue weighted by Crippen LogP contribution is -2.34. The third-order valence-electron chi connectivity index (χ3n) is 4.25. The van der Waals surface area contributed by atoms with Crippen molar-refractivity contribution in [2.24, 2.45) is 0 Å². The number of aromatic nitrogens is 1. The molecule has 6 heteroatoms. The first-order valence-electron chi connectivity index (χ1n) is 8.89. The van der Waals surface area contributed by atoms with E-state index < -0.39 is 0 Å². The summed E-state index contributed by atoms with van der Waals surface area (Å²) >= 11 is 1.60. The van der Waals surface area contributed by atoms with Crippen LogP contribution in [0.2, 0.25) is 0 Å². The van der Waals surface area contributed by atoms with Crippen molar-refractivity contribution in [1.82, 2.24) is 9.88 Å². The molecule has 0 aliphatic rings. The first-order valence-corrected chi connectivity index (χ1v) is 9.71. The Labute approximate surface area is 171 Å². The van der Waals surface area contributed by atoms with Crippen LogP contribution >= 0.6 is 23.7 Å². The van der Waals surface area contributed by atoms with Gasteiger partial charge in [-0.3, -0.25) is 9.69 Å². The van der Waals surface area contributed by atoms with Crippen molar-refractivity contribution in [3.63, 3.8) is 0 Å². The summed E-state index contributed by atoms with van der Waals surface area (Å²) in [5.41, 5.74) is 3.20. The minimum atomic E-state index is 0. The van der Waals surface area contributed by atoms with Gasteiger partial charge in [0.1, 0.15) is 0 Å². The van der Waals surface area contributed by atoms with E-state index in [4.69, 9.17) is 4.98 Å². The number of carbonyl (C=O) groups excluding carboxylic acids is 1. The molecule has 3 rings (SSSR count). The van der Waals surface area contributed by atoms with E-state index in [1.165, 1.54) is 5.56 Å². The highest BCUT2D eigenvalue weighted by Gasteiger charge is 2.20. The topological polar surface area (TPSA) is 36.4 Å². The molecule has 1 amide bonds. The van der Waals surface area contributed by atoms with Crippen molar-refractivity contribution < 1.29 is 4.79 Å². The lowest BCUT2D eigenvalue weighted by atomic mass is 10.1. The first-order chi connectivity index (χ1) is 12.5. The smallest absolute Gasteiger partial charge is 0.233 e. The number of hydrogen-bond acceptors (Lipinski definition) is 4. The Balaban J connectivity index is 0.00000261. The maximum absolute atomic E-state index is 13.0. The van der Waals surface area contributed by atoms with Gasteiger partial charge in [-0.2, -0.15) is 0 Å². The Hall–Kier alpha value is -1.95. The Morgan fingerprint density at radius 1 is 1.07 bits per heavy atom. The van der Waals surface area contributed by atoms with Gasteiger partial charge in [-0.25, -0.2) is 4.98 Å². The number of thiazole rings is 1. The van der Waals surface area contributed by atoms with Crippen molar-refractivity contribution in [3.8, 4) is 0 Å². The molecule has 0 saturated carbocycles. The molecule has 4 nitrogen and oxygen atoms in total. The van der Waals surface area contributed by atoms with E-state index >= 15 is 0 Å². The average Bonchev–Trinajstić information content (AvgIpc) is 3.01. The number of hydrogen-bond donors (Lipinski definition) is 0. The van der Waals surface area contributed by atoms with Crippen molar-refractivity contribution in [3.05, 3.63) is 59.7 Å². The number of carbonyl (C=O) groups is 1. The fraction of sp³-hybridized carbons (Fsp3) is 0.333. The number of anilines is 1. The summed E-state index contributed by atoms with van der Waals surface area (Å²) in [6.07, 6.45) is 1.32. The normalized spacial score (nSPS) is 10.8. The predicted molar refractivity (Wildman–Crippen MR) is 117 cm³/mol. The largest absolute Gasteiger partial charge is 0.309 e. The maximum Gasteiger partial charge on any atom is 0.233 e. The minimum absolute atomic E-state index is 0. The molecule has 2 aromatic carbocycles. The number of nitrogens with zero attached hydrogens (tertiary/aromatic N) is 3. The van der Waals surface area contributed by atoms with Crippen LogP contribution in [0.15, 0.2) is 48.5 Å². The Morgan fingerprint density at radius 2 is 1.81 bits per heavy atom. The van der Waals surface area contributed by atoms with Crippen LogP contribution in [0.25, 0.3) is 10.2 Å². The second kappa shape index (κ2) is 9.83. The molecular formula is C21H26ClN3OS. The second-order valence-electron chi connectivity index (χ2n) is 6.83. The van der Waals surface area contributed by atoms with Crippen LogP contribution in [0.1, 0.15) is 17.5 Å². The predicted octanol–water partition coefficient (Wildman–Crippen LogP) is 4.55. The fourth-order valence-corrected chi connectivity index (χ4v) is 3.98. The van der Waals surface area contributed by atoms with Crippen molar-refractivity contribution in [2.75, 3.05) is 32.1 Å². The lowest BCUT2D eigenvalue weighted by molar-refractivity contribution is -0.118. The molecule has 0 spiro atoms. The van der Waals surface area contributed by atoms with Gasteiger partial charge >= 0.3 is 0 Å². The molecule has 0 unspecified atom stereocenters. The van der Waals surface area contributed by atoms with Crippen LogP contribution in [0.5, 0.6) is 0 Å². The van der Waals surface area contributed by atoms with Gasteiger partial charge < -0.3 is 4.90 Å². The Bertz CT molecular complexity index is 880. The molecule has 27 heavy (non-hydrogen) atoms. The molecule has 0 saturated heterocycles. The highest BCUT2D eigenvalue weighted by molar-refractivity contribution is 7.22. The maximum atomic E-state index is 13.0. The van der Waals surface area contributed by atoms with E-state index in [9.17, 15) is 4.79 Å². The summed E-state index contributed by atoms with van der Waals surface area (Å²) in [7, 11) is 4.10. The molecule has 0 aliphatic heterocycles. The molecule has 0 bridgehead atoms. The summed E-state index contributed by atoms with van der Waals surface area (Å²) < 4.78 is 1.13. The van der Waals surface area contributed by atoms with Crippen molar-refractivity contribution >= 4 is 45.0 Å². The number of amides is 1. The zero-order valence-electron chi connectivity index (χ0n) is 16.0. The molecule has 0 fully saturated rings. The van der Waals surface area contributed by atoms with E-state index in [0.29, 0.717) is 13.0 Å². The molecule has 0 radical (unpaired) electrons. The molecule has 0 aliphatic carbocycles. The highest BCUT2D eigenvalue weighted by Crippen LogP contribution is 2.30. The lowest BCUT2D eigenvalue weighted by Gasteiger charge is -2.21. The molecule has 144 valence electrons. The first kappa shape index (κ1) is 21.4. The monoisotopic (exact) mass is 403 g/mol. The summed E-state index contributed by atoms with van der Waals surface area (Å²) in [6.45, 7) is 3.70. The van der Waals surface area contributed by atoms with E-state index in [2.05, 4.69) is 38.1 Å². The number of rotatable bonds is 7. The second-order valence-corrected chi connectivity index (χ2v) is 7.84. The van der Waals surface area contributed by atoms with Gasteiger partial charge in [0.2, 0.25) is 5.91 Å². The van der Waals surface area contributed by atoms with Gasteiger partial charge in [0.05, 0.1) is 16.6 Å². The molecular weight excluding hydrogens is 378 g/mol. The Kier molecular flexibility index (Phi) is 7.78. The Morgan fingerprint density at radius 3 is 2.52 bits per heavy atom. The fourth-order valence-electron chi connectivity index (χ4n) is 2.87. The average molecular weight is 404 g/mol. The van der Waals surface area contributed by atoms with Crippen LogP contribution in [0.4, 0.5) is 5.13 Å². The molecule has 1 aromatic heterocycles. The van der Waals surface area contributed by atoms with Gasteiger partial charge in [-0.15, -0.1) is 12.4 Å². The number of aryl methyl sites for hydroxylation is 1. The number of benzene rings is 2. The van der Waals surface area contributed by atoms with E-state index in [1.807, 2.05) is 41.3 Å². The quantitative estimate of drug-likeness (QED) is 0.580. The summed E-state index contributed by atoms with van der Waals surface area (Å²) in [5, 5.41) is 0.797. The third-order valence-corrected chi connectivity index (χ3v) is 5.29. The number of fused-ring (bicyclic) bond motifs is 1.